The van der Waals surface area contributed by atoms with Gasteiger partial charge in [-0.2, -0.15) is 0 Å². The number of rotatable bonds is 4. The Morgan fingerprint density at radius 1 is 1.50 bits per heavy atom. The van der Waals surface area contributed by atoms with Gasteiger partial charge in [0.1, 0.15) is 0 Å². The molecular weight excluding hydrogens is 152 g/mol. The Labute approximate surface area is 72.9 Å². The number of allylic oxidation sites excluding steroid dienone is 3. The zero-order chi connectivity index (χ0) is 9.72. The summed E-state index contributed by atoms with van der Waals surface area (Å²) in [7, 11) is 0. The number of carboxylic acid groups (broad SMARTS) is 1. The predicted octanol–water partition coefficient (Wildman–Crippen LogP) is 2.40. The maximum atomic E-state index is 10.4. The molecule has 66 valence electrons. The van der Waals surface area contributed by atoms with Crippen molar-refractivity contribution >= 4 is 5.97 Å². The summed E-state index contributed by atoms with van der Waals surface area (Å²) in [6.07, 6.45) is 3.31. The Balaban J connectivity index is 4.57. The van der Waals surface area contributed by atoms with Gasteiger partial charge in [0.05, 0.1) is 0 Å². The number of aliphatic carboxylic acids is 1. The molecule has 1 atom stereocenters. The summed E-state index contributed by atoms with van der Waals surface area (Å²) >= 11 is 0. The molecule has 0 radical (unpaired) electrons. The van der Waals surface area contributed by atoms with E-state index in [1.165, 1.54) is 0 Å². The molecule has 0 bridgehead atoms. The highest BCUT2D eigenvalue weighted by atomic mass is 16.4. The highest BCUT2D eigenvalue weighted by Gasteiger charge is 2.05. The lowest BCUT2D eigenvalue weighted by molar-refractivity contribution is -0.132. The van der Waals surface area contributed by atoms with Crippen LogP contribution in [0, 0.1) is 5.92 Å². The highest BCUT2D eigenvalue weighted by molar-refractivity contribution is 5.85. The molecule has 0 spiro atoms. The van der Waals surface area contributed by atoms with Crippen LogP contribution >= 0.6 is 0 Å². The first-order valence-electron chi connectivity index (χ1n) is 3.68. The van der Waals surface area contributed by atoms with E-state index in [0.29, 0.717) is 5.57 Å². The van der Waals surface area contributed by atoms with Crippen molar-refractivity contribution in [2.45, 2.75) is 13.8 Å². The third-order valence-electron chi connectivity index (χ3n) is 1.59. The molecule has 0 aliphatic rings. The normalized spacial score (nSPS) is 13.7. The van der Waals surface area contributed by atoms with Crippen molar-refractivity contribution < 1.29 is 9.90 Å². The Hall–Kier alpha value is -1.31. The van der Waals surface area contributed by atoms with E-state index < -0.39 is 5.97 Å². The summed E-state index contributed by atoms with van der Waals surface area (Å²) in [5.41, 5.74) is 1.22. The first-order chi connectivity index (χ1) is 5.49. The maximum Gasteiger partial charge on any atom is 0.330 e. The molecule has 0 amide bonds. The monoisotopic (exact) mass is 166 g/mol. The standard InChI is InChI=1S/C10H14O2/c1-5-9(7(2)3)6-8(4)10(11)12/h5-6,9H,1-2H2,3-4H3,(H,11,12)/b8-6-/t9-/m1/s1. The van der Waals surface area contributed by atoms with Crippen LogP contribution < -0.4 is 0 Å². The second-order valence-electron chi connectivity index (χ2n) is 2.76. The van der Waals surface area contributed by atoms with Crippen molar-refractivity contribution in [3.05, 3.63) is 36.5 Å². The van der Waals surface area contributed by atoms with E-state index in [9.17, 15) is 4.79 Å². The van der Waals surface area contributed by atoms with Gasteiger partial charge in [-0.25, -0.2) is 4.79 Å². The minimum Gasteiger partial charge on any atom is -0.478 e. The molecule has 0 heterocycles. The molecular formula is C10H14O2. The van der Waals surface area contributed by atoms with Crippen molar-refractivity contribution in [3.63, 3.8) is 0 Å². The smallest absolute Gasteiger partial charge is 0.330 e. The molecule has 0 aliphatic carbocycles. The molecule has 0 aromatic heterocycles. The van der Waals surface area contributed by atoms with Gasteiger partial charge in [0.15, 0.2) is 0 Å². The number of hydrogen-bond acceptors (Lipinski definition) is 1. The van der Waals surface area contributed by atoms with Crippen LogP contribution in [0.3, 0.4) is 0 Å². The van der Waals surface area contributed by atoms with E-state index in [-0.39, 0.29) is 5.92 Å². The Bertz CT molecular complexity index is 236. The summed E-state index contributed by atoms with van der Waals surface area (Å²) in [5, 5.41) is 8.58. The third kappa shape index (κ3) is 3.19. The summed E-state index contributed by atoms with van der Waals surface area (Å²) in [4.78, 5) is 10.4. The number of carbonyl (C=O) groups is 1. The first kappa shape index (κ1) is 10.7. The van der Waals surface area contributed by atoms with E-state index in [1.54, 1.807) is 19.1 Å². The molecule has 0 aliphatic heterocycles. The summed E-state index contributed by atoms with van der Waals surface area (Å²) in [5.74, 6) is -0.941. The molecule has 1 N–H and O–H groups in total. The van der Waals surface area contributed by atoms with Crippen molar-refractivity contribution in [2.75, 3.05) is 0 Å². The van der Waals surface area contributed by atoms with Crippen molar-refractivity contribution in [1.29, 1.82) is 0 Å². The average Bonchev–Trinajstić information content (AvgIpc) is 1.98. The molecule has 12 heavy (non-hydrogen) atoms. The van der Waals surface area contributed by atoms with Crippen LogP contribution in [0.4, 0.5) is 0 Å². The molecule has 0 saturated heterocycles. The van der Waals surface area contributed by atoms with Crippen molar-refractivity contribution in [1.82, 2.24) is 0 Å². The lowest BCUT2D eigenvalue weighted by Gasteiger charge is -2.06. The molecule has 0 aromatic rings. The fourth-order valence-corrected chi connectivity index (χ4v) is 0.752. The zero-order valence-electron chi connectivity index (χ0n) is 7.50. The zero-order valence-corrected chi connectivity index (χ0v) is 7.50. The van der Waals surface area contributed by atoms with Gasteiger partial charge in [0.25, 0.3) is 0 Å². The second kappa shape index (κ2) is 4.54. The Kier molecular flexibility index (Phi) is 4.05. The number of hydrogen-bond donors (Lipinski definition) is 1. The quantitative estimate of drug-likeness (QED) is 0.514. The third-order valence-corrected chi connectivity index (χ3v) is 1.59. The molecule has 2 heteroatoms. The largest absolute Gasteiger partial charge is 0.478 e. The summed E-state index contributed by atoms with van der Waals surface area (Å²) < 4.78 is 0. The minimum absolute atomic E-state index is 0.0406. The maximum absolute atomic E-state index is 10.4. The first-order valence-corrected chi connectivity index (χ1v) is 3.68. The van der Waals surface area contributed by atoms with E-state index in [2.05, 4.69) is 13.2 Å². The molecule has 0 unspecified atom stereocenters. The Morgan fingerprint density at radius 2 is 2.00 bits per heavy atom. The Morgan fingerprint density at radius 3 is 2.25 bits per heavy atom. The van der Waals surface area contributed by atoms with E-state index in [0.717, 1.165) is 5.57 Å². The molecule has 0 fully saturated rings. The van der Waals surface area contributed by atoms with Crippen LogP contribution in [0.25, 0.3) is 0 Å². The van der Waals surface area contributed by atoms with Gasteiger partial charge in [-0.15, -0.1) is 6.58 Å². The fourth-order valence-electron chi connectivity index (χ4n) is 0.752. The molecule has 0 saturated carbocycles. The van der Waals surface area contributed by atoms with Gasteiger partial charge < -0.3 is 5.11 Å². The SMILES string of the molecule is C=C[C@H](/C=C(/C)C(=O)O)C(=C)C. The predicted molar refractivity (Wildman–Crippen MR) is 49.9 cm³/mol. The van der Waals surface area contributed by atoms with E-state index >= 15 is 0 Å². The molecule has 2 nitrogen and oxygen atoms in total. The fraction of sp³-hybridized carbons (Fsp3) is 0.300. The second-order valence-corrected chi connectivity index (χ2v) is 2.76. The lowest BCUT2D eigenvalue weighted by Crippen LogP contribution is -2.00. The van der Waals surface area contributed by atoms with Gasteiger partial charge in [-0.05, 0) is 13.8 Å². The summed E-state index contributed by atoms with van der Waals surface area (Å²) in [6.45, 7) is 10.7. The van der Waals surface area contributed by atoms with Crippen LogP contribution in [-0.4, -0.2) is 11.1 Å². The van der Waals surface area contributed by atoms with Gasteiger partial charge in [0.2, 0.25) is 0 Å². The van der Waals surface area contributed by atoms with Crippen LogP contribution in [0.2, 0.25) is 0 Å². The summed E-state index contributed by atoms with van der Waals surface area (Å²) in [6, 6.07) is 0. The van der Waals surface area contributed by atoms with Crippen LogP contribution in [0.5, 0.6) is 0 Å². The van der Waals surface area contributed by atoms with Crippen molar-refractivity contribution in [3.8, 4) is 0 Å². The molecule has 0 rings (SSSR count). The average molecular weight is 166 g/mol. The van der Waals surface area contributed by atoms with Gasteiger partial charge in [-0.3, -0.25) is 0 Å². The van der Waals surface area contributed by atoms with Gasteiger partial charge in [-0.1, -0.05) is 24.3 Å². The topological polar surface area (TPSA) is 37.3 Å². The van der Waals surface area contributed by atoms with E-state index in [4.69, 9.17) is 5.11 Å². The highest BCUT2D eigenvalue weighted by Crippen LogP contribution is 2.13. The van der Waals surface area contributed by atoms with Gasteiger partial charge >= 0.3 is 5.97 Å². The molecule has 0 aromatic carbocycles. The minimum atomic E-state index is -0.900. The van der Waals surface area contributed by atoms with Crippen LogP contribution in [0.1, 0.15) is 13.8 Å². The van der Waals surface area contributed by atoms with Gasteiger partial charge in [0, 0.05) is 11.5 Å². The van der Waals surface area contributed by atoms with Crippen LogP contribution in [-0.2, 0) is 4.79 Å². The van der Waals surface area contributed by atoms with E-state index in [1.807, 2.05) is 6.92 Å². The lowest BCUT2D eigenvalue weighted by atomic mass is 9.99. The number of carboxylic acids is 1. The van der Waals surface area contributed by atoms with Crippen LogP contribution in [0.15, 0.2) is 36.5 Å². The van der Waals surface area contributed by atoms with Crippen molar-refractivity contribution in [2.24, 2.45) is 5.92 Å².